The number of nitrogens with zero attached hydrogens (tertiary/aromatic N) is 2. The lowest BCUT2D eigenvalue weighted by atomic mass is 10.1. The molecule has 6 heteroatoms. The van der Waals surface area contributed by atoms with Crippen molar-refractivity contribution in [2.24, 2.45) is 4.99 Å². The van der Waals surface area contributed by atoms with Crippen molar-refractivity contribution in [1.29, 1.82) is 0 Å². The second-order valence-corrected chi connectivity index (χ2v) is 6.94. The fourth-order valence-corrected chi connectivity index (χ4v) is 3.70. The van der Waals surface area contributed by atoms with Crippen LogP contribution in [-0.2, 0) is 19.4 Å². The van der Waals surface area contributed by atoms with Crippen LogP contribution in [0.5, 0.6) is 0 Å². The van der Waals surface area contributed by atoms with E-state index in [1.807, 2.05) is 0 Å². The number of guanidine groups is 1. The van der Waals surface area contributed by atoms with Crippen molar-refractivity contribution in [3.8, 4) is 0 Å². The number of fused-ring (bicyclic) bond motifs is 1. The van der Waals surface area contributed by atoms with E-state index in [1.54, 1.807) is 18.4 Å². The summed E-state index contributed by atoms with van der Waals surface area (Å²) in [6.07, 6.45) is 4.04. The van der Waals surface area contributed by atoms with Gasteiger partial charge in [-0.1, -0.05) is 19.1 Å². The highest BCUT2D eigenvalue weighted by Gasteiger charge is 2.07. The number of aryl methyl sites for hydroxylation is 2. The Bertz CT molecular complexity index is 862. The smallest absolute Gasteiger partial charge is 0.191 e. The van der Waals surface area contributed by atoms with Crippen molar-refractivity contribution in [2.75, 3.05) is 13.6 Å². The molecular weight excluding hydrogens is 330 g/mol. The SMILES string of the molecule is CCc1nc(CNC(=NC)NCCc2c[nH]c3cccc(C)c23)cs1. The summed E-state index contributed by atoms with van der Waals surface area (Å²) < 4.78 is 0. The molecule has 2 heterocycles. The molecule has 3 N–H and O–H groups in total. The number of aliphatic imine (C=N–C) groups is 1. The molecular formula is C19H25N5S. The number of H-pyrrole nitrogens is 1. The molecule has 0 spiro atoms. The summed E-state index contributed by atoms with van der Waals surface area (Å²) in [5, 5.41) is 11.3. The van der Waals surface area contributed by atoms with Crippen LogP contribution in [0.25, 0.3) is 10.9 Å². The van der Waals surface area contributed by atoms with Gasteiger partial charge in [-0.3, -0.25) is 4.99 Å². The van der Waals surface area contributed by atoms with Crippen molar-refractivity contribution in [3.05, 3.63) is 51.6 Å². The van der Waals surface area contributed by atoms with Gasteiger partial charge in [0.2, 0.25) is 0 Å². The van der Waals surface area contributed by atoms with Gasteiger partial charge in [-0.2, -0.15) is 0 Å². The van der Waals surface area contributed by atoms with Gasteiger partial charge in [0, 0.05) is 36.1 Å². The molecule has 0 aliphatic carbocycles. The maximum Gasteiger partial charge on any atom is 0.191 e. The second-order valence-electron chi connectivity index (χ2n) is 6.00. The zero-order valence-electron chi connectivity index (χ0n) is 15.0. The number of rotatable bonds is 6. The first-order valence-electron chi connectivity index (χ1n) is 8.64. The Morgan fingerprint density at radius 3 is 2.96 bits per heavy atom. The van der Waals surface area contributed by atoms with E-state index in [9.17, 15) is 0 Å². The number of nitrogens with one attached hydrogen (secondary N) is 3. The van der Waals surface area contributed by atoms with Crippen molar-refractivity contribution in [1.82, 2.24) is 20.6 Å². The van der Waals surface area contributed by atoms with Gasteiger partial charge in [0.05, 0.1) is 17.2 Å². The number of aromatic nitrogens is 2. The Morgan fingerprint density at radius 1 is 1.32 bits per heavy atom. The Labute approximate surface area is 152 Å². The highest BCUT2D eigenvalue weighted by molar-refractivity contribution is 7.09. The lowest BCUT2D eigenvalue weighted by Gasteiger charge is -2.11. The molecule has 0 bridgehead atoms. The molecule has 0 atom stereocenters. The molecule has 2 aromatic heterocycles. The van der Waals surface area contributed by atoms with E-state index in [0.29, 0.717) is 6.54 Å². The third kappa shape index (κ3) is 4.20. The van der Waals surface area contributed by atoms with Crippen LogP contribution in [0, 0.1) is 6.92 Å². The first-order chi connectivity index (χ1) is 12.2. The summed E-state index contributed by atoms with van der Waals surface area (Å²) in [6.45, 7) is 5.82. The van der Waals surface area contributed by atoms with Gasteiger partial charge in [0.15, 0.2) is 5.96 Å². The van der Waals surface area contributed by atoms with Crippen molar-refractivity contribution < 1.29 is 0 Å². The summed E-state index contributed by atoms with van der Waals surface area (Å²) in [5.74, 6) is 0.808. The van der Waals surface area contributed by atoms with E-state index in [2.05, 4.69) is 69.2 Å². The molecule has 132 valence electrons. The average Bonchev–Trinajstić information content (AvgIpc) is 3.25. The van der Waals surface area contributed by atoms with Gasteiger partial charge in [0.1, 0.15) is 0 Å². The minimum atomic E-state index is 0.697. The third-order valence-corrected chi connectivity index (χ3v) is 5.29. The molecule has 0 saturated heterocycles. The number of hydrogen-bond acceptors (Lipinski definition) is 3. The Kier molecular flexibility index (Phi) is 5.71. The molecule has 3 rings (SSSR count). The van der Waals surface area contributed by atoms with Crippen LogP contribution in [-0.4, -0.2) is 29.5 Å². The van der Waals surface area contributed by atoms with Gasteiger partial charge in [0.25, 0.3) is 0 Å². The summed E-state index contributed by atoms with van der Waals surface area (Å²) in [7, 11) is 1.80. The van der Waals surface area contributed by atoms with Crippen LogP contribution in [0.4, 0.5) is 0 Å². The van der Waals surface area contributed by atoms with Gasteiger partial charge < -0.3 is 15.6 Å². The highest BCUT2D eigenvalue weighted by atomic mass is 32.1. The monoisotopic (exact) mass is 355 g/mol. The largest absolute Gasteiger partial charge is 0.361 e. The Hall–Kier alpha value is -2.34. The van der Waals surface area contributed by atoms with Crippen LogP contribution in [0.2, 0.25) is 0 Å². The molecule has 0 fully saturated rings. The maximum atomic E-state index is 4.57. The van der Waals surface area contributed by atoms with E-state index in [4.69, 9.17) is 0 Å². The molecule has 3 aromatic rings. The second kappa shape index (κ2) is 8.16. The van der Waals surface area contributed by atoms with Crippen LogP contribution < -0.4 is 10.6 Å². The lowest BCUT2D eigenvalue weighted by molar-refractivity contribution is 0.785. The van der Waals surface area contributed by atoms with Crippen LogP contribution in [0.15, 0.2) is 34.8 Å². The van der Waals surface area contributed by atoms with Gasteiger partial charge in [-0.25, -0.2) is 4.98 Å². The fourth-order valence-electron chi connectivity index (χ4n) is 2.95. The summed E-state index contributed by atoms with van der Waals surface area (Å²) in [4.78, 5) is 12.2. The van der Waals surface area contributed by atoms with E-state index in [1.165, 1.54) is 27.0 Å². The number of aromatic amines is 1. The molecule has 0 unspecified atom stereocenters. The van der Waals surface area contributed by atoms with E-state index < -0.39 is 0 Å². The molecule has 0 saturated carbocycles. The predicted octanol–water partition coefficient (Wildman–Crippen LogP) is 3.40. The topological polar surface area (TPSA) is 65.1 Å². The summed E-state index contributed by atoms with van der Waals surface area (Å²) in [6, 6.07) is 6.37. The summed E-state index contributed by atoms with van der Waals surface area (Å²) >= 11 is 1.71. The molecule has 1 aromatic carbocycles. The Balaban J connectivity index is 1.52. The number of hydrogen-bond donors (Lipinski definition) is 3. The fraction of sp³-hybridized carbons (Fsp3) is 0.368. The third-order valence-electron chi connectivity index (χ3n) is 4.24. The first kappa shape index (κ1) is 17.5. The van der Waals surface area contributed by atoms with Gasteiger partial charge in [-0.05, 0) is 37.0 Å². The molecule has 0 aliphatic heterocycles. The average molecular weight is 356 g/mol. The zero-order valence-corrected chi connectivity index (χ0v) is 15.8. The normalized spacial score (nSPS) is 11.9. The van der Waals surface area contributed by atoms with Crippen molar-refractivity contribution in [3.63, 3.8) is 0 Å². The predicted molar refractivity (Wildman–Crippen MR) is 106 cm³/mol. The molecule has 0 radical (unpaired) electrons. The van der Waals surface area contributed by atoms with Crippen LogP contribution in [0.1, 0.15) is 28.8 Å². The quantitative estimate of drug-likeness (QED) is 0.469. The Morgan fingerprint density at radius 2 is 2.20 bits per heavy atom. The maximum absolute atomic E-state index is 4.57. The van der Waals surface area contributed by atoms with E-state index in [0.717, 1.165) is 31.0 Å². The minimum Gasteiger partial charge on any atom is -0.361 e. The molecule has 25 heavy (non-hydrogen) atoms. The van der Waals surface area contributed by atoms with E-state index >= 15 is 0 Å². The number of thiazole rings is 1. The van der Waals surface area contributed by atoms with Crippen molar-refractivity contribution >= 4 is 28.2 Å². The summed E-state index contributed by atoms with van der Waals surface area (Å²) in [5.41, 5.74) is 4.92. The van der Waals surface area contributed by atoms with Crippen LogP contribution in [0.3, 0.4) is 0 Å². The highest BCUT2D eigenvalue weighted by Crippen LogP contribution is 2.22. The minimum absolute atomic E-state index is 0.697. The van der Waals surface area contributed by atoms with E-state index in [-0.39, 0.29) is 0 Å². The molecule has 0 amide bonds. The van der Waals surface area contributed by atoms with Gasteiger partial charge in [-0.15, -0.1) is 11.3 Å². The number of benzene rings is 1. The van der Waals surface area contributed by atoms with Gasteiger partial charge >= 0.3 is 0 Å². The molecule has 0 aliphatic rings. The zero-order chi connectivity index (χ0) is 17.6. The van der Waals surface area contributed by atoms with Crippen LogP contribution >= 0.6 is 11.3 Å². The first-order valence-corrected chi connectivity index (χ1v) is 9.52. The molecule has 5 nitrogen and oxygen atoms in total. The van der Waals surface area contributed by atoms with Crippen molar-refractivity contribution in [2.45, 2.75) is 33.2 Å². The standard InChI is InChI=1S/C19H25N5S/c1-4-17-24-15(12-25-17)11-23-19(20-3)21-9-8-14-10-22-16-7-5-6-13(2)18(14)16/h5-7,10,12,22H,4,8-9,11H2,1-3H3,(H2,20,21,23). The lowest BCUT2D eigenvalue weighted by Crippen LogP contribution is -2.37.